The van der Waals surface area contributed by atoms with Crippen LogP contribution < -0.4 is 5.73 Å². The predicted molar refractivity (Wildman–Crippen MR) is 51.2 cm³/mol. The molecule has 2 N–H and O–H groups in total. The second kappa shape index (κ2) is 3.16. The Balaban J connectivity index is 2.71. The van der Waals surface area contributed by atoms with Crippen molar-refractivity contribution in [2.24, 2.45) is 0 Å². The summed E-state index contributed by atoms with van der Waals surface area (Å²) in [5.74, 6) is -0.647. The van der Waals surface area contributed by atoms with Gasteiger partial charge >= 0.3 is 0 Å². The van der Waals surface area contributed by atoms with Gasteiger partial charge in [0.2, 0.25) is 0 Å². The summed E-state index contributed by atoms with van der Waals surface area (Å²) >= 11 is 1.10. The minimum absolute atomic E-state index is 0.303. The number of hydrogen-bond acceptors (Lipinski definition) is 2. The van der Waals surface area contributed by atoms with Gasteiger partial charge < -0.3 is 5.73 Å². The Morgan fingerprint density at radius 2 is 1.93 bits per heavy atom. The fraction of sp³-hybridized carbons (Fsp3) is 0.111. The molecule has 0 bridgehead atoms. The van der Waals surface area contributed by atoms with E-state index in [4.69, 9.17) is 5.73 Å². The molecule has 0 fully saturated rings. The van der Waals surface area contributed by atoms with E-state index in [1.165, 1.54) is 12.1 Å². The predicted octanol–water partition coefficient (Wildman–Crippen LogP) is 3.56. The zero-order valence-corrected chi connectivity index (χ0v) is 7.75. The molecule has 0 aliphatic heterocycles. The first-order chi connectivity index (χ1) is 6.58. The van der Waals surface area contributed by atoms with E-state index in [9.17, 15) is 13.2 Å². The van der Waals surface area contributed by atoms with E-state index in [0.717, 1.165) is 17.4 Å². The average molecular weight is 217 g/mol. The Bertz CT molecular complexity index is 478. The van der Waals surface area contributed by atoms with Crippen LogP contribution in [-0.4, -0.2) is 0 Å². The zero-order valence-electron chi connectivity index (χ0n) is 6.93. The summed E-state index contributed by atoms with van der Waals surface area (Å²) < 4.78 is 38.3. The fourth-order valence-electron chi connectivity index (χ4n) is 1.26. The summed E-state index contributed by atoms with van der Waals surface area (Å²) in [6.07, 6.45) is -2.66. The van der Waals surface area contributed by atoms with E-state index >= 15 is 0 Å². The van der Waals surface area contributed by atoms with Crippen molar-refractivity contribution >= 4 is 26.4 Å². The Morgan fingerprint density at radius 3 is 2.57 bits per heavy atom. The van der Waals surface area contributed by atoms with Crippen LogP contribution in [0.15, 0.2) is 18.2 Å². The Hall–Kier alpha value is -1.23. The summed E-state index contributed by atoms with van der Waals surface area (Å²) in [6, 6.07) is 3.56. The fourth-order valence-corrected chi connectivity index (χ4v) is 2.15. The quantitative estimate of drug-likeness (QED) is 0.776. The number of thiophene rings is 1. The van der Waals surface area contributed by atoms with Crippen LogP contribution in [0, 0.1) is 5.82 Å². The highest BCUT2D eigenvalue weighted by molar-refractivity contribution is 7.22. The minimum Gasteiger partial charge on any atom is -0.391 e. The van der Waals surface area contributed by atoms with E-state index in [1.54, 1.807) is 0 Å². The van der Waals surface area contributed by atoms with Gasteiger partial charge in [-0.1, -0.05) is 0 Å². The van der Waals surface area contributed by atoms with E-state index in [0.29, 0.717) is 15.1 Å². The molecule has 0 unspecified atom stereocenters. The number of anilines is 1. The molecule has 1 aromatic carbocycles. The number of nitrogen functional groups attached to an aromatic ring is 1. The van der Waals surface area contributed by atoms with E-state index in [2.05, 4.69) is 0 Å². The maximum atomic E-state index is 13.2. The molecule has 5 heteroatoms. The monoisotopic (exact) mass is 217 g/mol. The lowest BCUT2D eigenvalue weighted by Gasteiger charge is -1.99. The summed E-state index contributed by atoms with van der Waals surface area (Å²) in [5, 5.41) is 0.724. The van der Waals surface area contributed by atoms with Gasteiger partial charge in [-0.15, -0.1) is 11.3 Å². The minimum atomic E-state index is -2.66. The van der Waals surface area contributed by atoms with Gasteiger partial charge in [0.05, 0.1) is 5.00 Å². The van der Waals surface area contributed by atoms with Crippen molar-refractivity contribution in [2.45, 2.75) is 6.43 Å². The molecule has 0 saturated heterocycles. The third-order valence-corrected chi connectivity index (χ3v) is 2.79. The summed E-state index contributed by atoms with van der Waals surface area (Å²) in [4.78, 5) is 0. The number of benzene rings is 1. The van der Waals surface area contributed by atoms with Crippen molar-refractivity contribution < 1.29 is 13.2 Å². The first-order valence-electron chi connectivity index (χ1n) is 3.84. The number of nitrogens with two attached hydrogens (primary N) is 1. The second-order valence-corrected chi connectivity index (χ2v) is 3.98. The third kappa shape index (κ3) is 1.43. The highest BCUT2D eigenvalue weighted by Gasteiger charge is 2.12. The van der Waals surface area contributed by atoms with Gasteiger partial charge in [0.1, 0.15) is 5.82 Å². The largest absolute Gasteiger partial charge is 0.391 e. The highest BCUT2D eigenvalue weighted by Crippen LogP contribution is 2.33. The lowest BCUT2D eigenvalue weighted by atomic mass is 10.2. The lowest BCUT2D eigenvalue weighted by molar-refractivity contribution is 0.151. The van der Waals surface area contributed by atoms with Gasteiger partial charge in [-0.2, -0.15) is 0 Å². The maximum absolute atomic E-state index is 13.2. The zero-order chi connectivity index (χ0) is 10.3. The average Bonchev–Trinajstić information content (AvgIpc) is 2.45. The SMILES string of the molecule is Nc1cc2c(F)cc(C(F)F)cc2s1. The van der Waals surface area contributed by atoms with Gasteiger partial charge in [-0.05, 0) is 18.2 Å². The molecule has 74 valence electrons. The molecule has 0 spiro atoms. The molecule has 0 atom stereocenters. The smallest absolute Gasteiger partial charge is 0.264 e. The molecule has 2 rings (SSSR count). The maximum Gasteiger partial charge on any atom is 0.264 e. The van der Waals surface area contributed by atoms with Gasteiger partial charge in [0.15, 0.2) is 0 Å². The molecule has 1 aromatic heterocycles. The van der Waals surface area contributed by atoms with Crippen molar-refractivity contribution in [3.63, 3.8) is 0 Å². The van der Waals surface area contributed by atoms with Crippen LogP contribution in [-0.2, 0) is 0 Å². The molecule has 1 heterocycles. The third-order valence-electron chi connectivity index (χ3n) is 1.88. The molecule has 1 nitrogen and oxygen atoms in total. The van der Waals surface area contributed by atoms with Crippen LogP contribution in [0.2, 0.25) is 0 Å². The van der Waals surface area contributed by atoms with Gasteiger partial charge in [-0.3, -0.25) is 0 Å². The molecule has 14 heavy (non-hydrogen) atoms. The number of hydrogen-bond donors (Lipinski definition) is 1. The highest BCUT2D eigenvalue weighted by atomic mass is 32.1. The molecule has 0 radical (unpaired) electrons. The van der Waals surface area contributed by atoms with Gasteiger partial charge in [0.25, 0.3) is 6.43 Å². The number of rotatable bonds is 1. The molecule has 2 aromatic rings. The van der Waals surface area contributed by atoms with Crippen LogP contribution in [0.1, 0.15) is 12.0 Å². The molecule has 0 aliphatic rings. The van der Waals surface area contributed by atoms with Crippen LogP contribution in [0.4, 0.5) is 18.2 Å². The standard InChI is InChI=1S/C9H6F3NS/c10-6-1-4(9(11)12)2-7-5(6)3-8(13)14-7/h1-3,9H,13H2. The molecule has 0 saturated carbocycles. The van der Waals surface area contributed by atoms with E-state index in [-0.39, 0.29) is 5.56 Å². The van der Waals surface area contributed by atoms with Crippen LogP contribution in [0.3, 0.4) is 0 Å². The summed E-state index contributed by atoms with van der Waals surface area (Å²) in [5.41, 5.74) is 5.14. The van der Waals surface area contributed by atoms with Crippen molar-refractivity contribution in [3.8, 4) is 0 Å². The van der Waals surface area contributed by atoms with Crippen LogP contribution in [0.25, 0.3) is 10.1 Å². The number of halogens is 3. The Kier molecular flexibility index (Phi) is 2.11. The summed E-state index contributed by atoms with van der Waals surface area (Å²) in [6.45, 7) is 0. The lowest BCUT2D eigenvalue weighted by Crippen LogP contribution is -1.85. The van der Waals surface area contributed by atoms with E-state index in [1.807, 2.05) is 0 Å². The Labute approximate surface area is 82.0 Å². The first-order valence-corrected chi connectivity index (χ1v) is 4.66. The van der Waals surface area contributed by atoms with Crippen molar-refractivity contribution in [1.29, 1.82) is 0 Å². The van der Waals surface area contributed by atoms with Crippen LogP contribution >= 0.6 is 11.3 Å². The number of alkyl halides is 2. The second-order valence-electron chi connectivity index (χ2n) is 2.86. The molecule has 0 aliphatic carbocycles. The van der Waals surface area contributed by atoms with Gasteiger partial charge in [0, 0.05) is 15.6 Å². The normalized spacial score (nSPS) is 11.4. The molecular formula is C9H6F3NS. The molecule has 0 amide bonds. The topological polar surface area (TPSA) is 26.0 Å². The van der Waals surface area contributed by atoms with Gasteiger partial charge in [-0.25, -0.2) is 13.2 Å². The van der Waals surface area contributed by atoms with Crippen molar-refractivity contribution in [2.75, 3.05) is 5.73 Å². The van der Waals surface area contributed by atoms with Crippen molar-refractivity contribution in [3.05, 3.63) is 29.6 Å². The number of fused-ring (bicyclic) bond motifs is 1. The summed E-state index contributed by atoms with van der Waals surface area (Å²) in [7, 11) is 0. The first kappa shape index (κ1) is 9.33. The van der Waals surface area contributed by atoms with E-state index < -0.39 is 12.2 Å². The van der Waals surface area contributed by atoms with Crippen LogP contribution in [0.5, 0.6) is 0 Å². The van der Waals surface area contributed by atoms with Crippen molar-refractivity contribution in [1.82, 2.24) is 0 Å². The Morgan fingerprint density at radius 1 is 1.21 bits per heavy atom. The molecular weight excluding hydrogens is 211 g/mol.